The van der Waals surface area contributed by atoms with Gasteiger partial charge in [0.2, 0.25) is 33.6 Å². The number of amides is 4. The molecule has 6 rings (SSSR count). The van der Waals surface area contributed by atoms with Crippen LogP contribution >= 0.6 is 11.6 Å². The highest BCUT2D eigenvalue weighted by Crippen LogP contribution is 2.48. The molecule has 15 nitrogen and oxygen atoms in total. The number of pyridine rings is 1. The SMILES string of the molecule is COCCOc1cc2c(Cl)cccc2c(O[C@@H]2C[C@H]3C(=O)N[C@]4(C(=O)NS(=O)(=O)C5(C)CC5)C[C@H]4/C=C\CC[C@@H](C)C[C@@H](C)[C@H](NC(=O)OC(C)(C)C)C(=O)N3C2)n1. The fraction of sp³-hybridized carbons (Fsp3) is 0.634. The molecule has 4 amide bonds. The summed E-state index contributed by atoms with van der Waals surface area (Å²) in [5, 5.41) is 7.33. The largest absolute Gasteiger partial charge is 0.475 e. The topological polar surface area (TPSA) is 192 Å². The van der Waals surface area contributed by atoms with Crippen molar-refractivity contribution in [1.82, 2.24) is 25.2 Å². The highest BCUT2D eigenvalue weighted by Gasteiger charge is 2.63. The lowest BCUT2D eigenvalue weighted by Gasteiger charge is -2.33. The summed E-state index contributed by atoms with van der Waals surface area (Å²) < 4.78 is 50.8. The van der Waals surface area contributed by atoms with Gasteiger partial charge in [0.15, 0.2) is 0 Å². The highest BCUT2D eigenvalue weighted by atomic mass is 35.5. The van der Waals surface area contributed by atoms with Gasteiger partial charge in [-0.1, -0.05) is 43.7 Å². The molecule has 2 aliphatic carbocycles. The number of aromatic nitrogens is 1. The second-order valence-electron chi connectivity index (χ2n) is 17.5. The molecule has 318 valence electrons. The monoisotopic (exact) mass is 845 g/mol. The van der Waals surface area contributed by atoms with E-state index in [9.17, 15) is 27.6 Å². The first-order valence-corrected chi connectivity index (χ1v) is 21.8. The van der Waals surface area contributed by atoms with Crippen LogP contribution < -0.4 is 24.8 Å². The molecule has 0 bridgehead atoms. The standard InChI is InChI=1S/C41H56ClN5O10S/c1-24-11-8-9-12-26-22-41(26,37(50)46-58(52,53)40(6)15-16-40)45-34(48)31-20-27(23-47(31)36(49)33(25(2)19-24)44-38(51)57-39(3,4)5)56-35-28-13-10-14-30(42)29(28)21-32(43-35)55-18-17-54-7/h9-10,12-14,21,24-27,31,33H,8,11,15-20,22-23H2,1-7H3,(H,44,51)(H,45,48)(H,46,50)/b12-9-/t24-,25-,26-,27-,31+,33+,41-/m1/s1. The number of halogens is 1. The van der Waals surface area contributed by atoms with Gasteiger partial charge >= 0.3 is 6.09 Å². The minimum Gasteiger partial charge on any atom is -0.475 e. The lowest BCUT2D eigenvalue weighted by Crippen LogP contribution is -2.59. The van der Waals surface area contributed by atoms with Gasteiger partial charge in [-0.25, -0.2) is 13.2 Å². The van der Waals surface area contributed by atoms with Crippen LogP contribution in [-0.4, -0.2) is 103 Å². The maximum atomic E-state index is 14.9. The Labute approximate surface area is 345 Å². The van der Waals surface area contributed by atoms with E-state index in [-0.39, 0.29) is 49.6 Å². The first-order valence-electron chi connectivity index (χ1n) is 20.0. The summed E-state index contributed by atoms with van der Waals surface area (Å²) in [6.07, 6.45) is 5.22. The normalized spacial score (nSPS) is 29.1. The molecular weight excluding hydrogens is 790 g/mol. The van der Waals surface area contributed by atoms with Crippen molar-refractivity contribution in [3.8, 4) is 11.8 Å². The van der Waals surface area contributed by atoms with Gasteiger partial charge in [-0.05, 0) is 90.2 Å². The zero-order valence-electron chi connectivity index (χ0n) is 34.3. The van der Waals surface area contributed by atoms with Gasteiger partial charge in [-0.3, -0.25) is 19.1 Å². The van der Waals surface area contributed by atoms with Crippen LogP contribution in [0.25, 0.3) is 10.8 Å². The summed E-state index contributed by atoms with van der Waals surface area (Å²) in [5.74, 6) is -2.33. The highest BCUT2D eigenvalue weighted by molar-refractivity contribution is 7.91. The van der Waals surface area contributed by atoms with Crippen molar-refractivity contribution in [1.29, 1.82) is 0 Å². The van der Waals surface area contributed by atoms with Crippen molar-refractivity contribution < 1.29 is 46.5 Å². The van der Waals surface area contributed by atoms with E-state index in [0.717, 1.165) is 6.42 Å². The number of nitrogens with zero attached hydrogens (tertiary/aromatic N) is 2. The quantitative estimate of drug-likeness (QED) is 0.215. The number of ether oxygens (including phenoxy) is 4. The van der Waals surface area contributed by atoms with Crippen LogP contribution in [0.15, 0.2) is 36.4 Å². The summed E-state index contributed by atoms with van der Waals surface area (Å²) in [6, 6.07) is 4.70. The smallest absolute Gasteiger partial charge is 0.408 e. The van der Waals surface area contributed by atoms with Crippen molar-refractivity contribution in [2.45, 2.75) is 121 Å². The van der Waals surface area contributed by atoms with E-state index in [1.807, 2.05) is 19.1 Å². The van der Waals surface area contributed by atoms with Crippen LogP contribution in [0.4, 0.5) is 4.79 Å². The zero-order valence-corrected chi connectivity index (χ0v) is 35.8. The van der Waals surface area contributed by atoms with Gasteiger partial charge in [-0.2, -0.15) is 4.98 Å². The summed E-state index contributed by atoms with van der Waals surface area (Å²) >= 11 is 6.60. The number of carbonyl (C=O) groups excluding carboxylic acids is 4. The Morgan fingerprint density at radius 2 is 1.84 bits per heavy atom. The number of alkyl carbamates (subject to hydrolysis) is 1. The molecule has 0 radical (unpaired) electrons. The van der Waals surface area contributed by atoms with E-state index in [4.69, 9.17) is 30.5 Å². The molecule has 2 aliphatic heterocycles. The number of sulfonamides is 1. The lowest BCUT2D eigenvalue weighted by molar-refractivity contribution is -0.142. The fourth-order valence-electron chi connectivity index (χ4n) is 7.77. The van der Waals surface area contributed by atoms with Crippen molar-refractivity contribution in [2.75, 3.05) is 26.9 Å². The first-order chi connectivity index (χ1) is 27.3. The molecule has 3 heterocycles. The number of nitrogens with one attached hydrogen (secondary N) is 3. The molecule has 3 N–H and O–H groups in total. The first kappa shape index (κ1) is 43.4. The Morgan fingerprint density at radius 3 is 2.53 bits per heavy atom. The molecule has 0 spiro atoms. The molecule has 1 aromatic heterocycles. The molecule has 1 aromatic carbocycles. The van der Waals surface area contributed by atoms with Crippen molar-refractivity contribution in [3.05, 3.63) is 41.4 Å². The average Bonchev–Trinajstić information content (AvgIpc) is 4.02. The molecule has 0 unspecified atom stereocenters. The lowest BCUT2D eigenvalue weighted by atomic mass is 9.88. The Hall–Kier alpha value is -4.15. The van der Waals surface area contributed by atoms with Crippen LogP contribution in [-0.2, 0) is 33.9 Å². The van der Waals surface area contributed by atoms with Gasteiger partial charge < -0.3 is 34.5 Å². The average molecular weight is 846 g/mol. The number of methoxy groups -OCH3 is 1. The van der Waals surface area contributed by atoms with E-state index >= 15 is 0 Å². The second-order valence-corrected chi connectivity index (χ2v) is 20.1. The molecule has 58 heavy (non-hydrogen) atoms. The molecule has 2 aromatic rings. The predicted molar refractivity (Wildman–Crippen MR) is 217 cm³/mol. The van der Waals surface area contributed by atoms with Gasteiger partial charge in [-0.15, -0.1) is 0 Å². The number of hydrogen-bond donors (Lipinski definition) is 3. The zero-order chi connectivity index (χ0) is 42.2. The van der Waals surface area contributed by atoms with Crippen LogP contribution in [0.2, 0.25) is 5.02 Å². The number of rotatable bonds is 10. The van der Waals surface area contributed by atoms with Crippen LogP contribution in [0.5, 0.6) is 11.8 Å². The molecular formula is C41H56ClN5O10S. The van der Waals surface area contributed by atoms with E-state index in [2.05, 4.69) is 27.3 Å². The maximum absolute atomic E-state index is 14.9. The molecule has 1 saturated heterocycles. The van der Waals surface area contributed by atoms with Gasteiger partial charge in [0.1, 0.15) is 35.9 Å². The Bertz CT molecular complexity index is 2050. The number of hydrogen-bond acceptors (Lipinski definition) is 11. The Balaban J connectivity index is 1.36. The van der Waals surface area contributed by atoms with E-state index in [1.54, 1.807) is 59.1 Å². The minimum atomic E-state index is -4.02. The minimum absolute atomic E-state index is 0.0193. The third kappa shape index (κ3) is 9.65. The number of allylic oxidation sites excluding steroid dienone is 1. The second kappa shape index (κ2) is 16.8. The molecule has 4 aliphatic rings. The Morgan fingerprint density at radius 1 is 1.10 bits per heavy atom. The van der Waals surface area contributed by atoms with Crippen LogP contribution in [0, 0.1) is 17.8 Å². The van der Waals surface area contributed by atoms with Crippen LogP contribution in [0.3, 0.4) is 0 Å². The number of fused-ring (bicyclic) bond motifs is 3. The molecule has 7 atom stereocenters. The van der Waals surface area contributed by atoms with Crippen molar-refractivity contribution >= 4 is 56.2 Å². The number of benzene rings is 1. The number of carbonyl (C=O) groups is 4. The van der Waals surface area contributed by atoms with Crippen molar-refractivity contribution in [2.24, 2.45) is 17.8 Å². The Kier molecular flexibility index (Phi) is 12.6. The molecule has 2 saturated carbocycles. The summed E-state index contributed by atoms with van der Waals surface area (Å²) in [6.45, 7) is 11.1. The molecule has 3 fully saturated rings. The fourth-order valence-corrected chi connectivity index (χ4v) is 9.31. The van der Waals surface area contributed by atoms with Gasteiger partial charge in [0.25, 0.3) is 5.91 Å². The van der Waals surface area contributed by atoms with E-state index in [0.29, 0.717) is 48.1 Å². The summed E-state index contributed by atoms with van der Waals surface area (Å²) in [7, 11) is -2.47. The third-order valence-corrected chi connectivity index (χ3v) is 14.0. The van der Waals surface area contributed by atoms with Gasteiger partial charge in [0, 0.05) is 41.3 Å². The summed E-state index contributed by atoms with van der Waals surface area (Å²) in [4.78, 5) is 62.7. The van der Waals surface area contributed by atoms with Crippen LogP contribution in [0.1, 0.15) is 86.5 Å². The summed E-state index contributed by atoms with van der Waals surface area (Å²) in [5.41, 5.74) is -2.40. The van der Waals surface area contributed by atoms with Crippen molar-refractivity contribution in [3.63, 3.8) is 0 Å². The predicted octanol–water partition coefficient (Wildman–Crippen LogP) is 5.04. The van der Waals surface area contributed by atoms with Gasteiger partial charge in [0.05, 0.1) is 17.9 Å². The maximum Gasteiger partial charge on any atom is 0.408 e. The van der Waals surface area contributed by atoms with E-state index in [1.165, 1.54) is 4.90 Å². The van der Waals surface area contributed by atoms with E-state index < -0.39 is 73.8 Å². The third-order valence-electron chi connectivity index (χ3n) is 11.5. The molecule has 17 heteroatoms.